The average Bonchev–Trinajstić information content (AvgIpc) is 2.60. The Kier molecular flexibility index (Phi) is 5.69. The number of carbonyl (C=O) groups is 1. The second kappa shape index (κ2) is 7.57. The van der Waals surface area contributed by atoms with Crippen LogP contribution in [0.3, 0.4) is 0 Å². The van der Waals surface area contributed by atoms with E-state index in [9.17, 15) is 9.90 Å². The molecule has 0 atom stereocenters. The first kappa shape index (κ1) is 18.8. The highest BCUT2D eigenvalue weighted by Gasteiger charge is 2.29. The highest BCUT2D eigenvalue weighted by atomic mass is 32.2. The normalized spacial score (nSPS) is 11.0. The van der Waals surface area contributed by atoms with Crippen molar-refractivity contribution in [3.05, 3.63) is 54.6 Å². The number of methoxy groups -OCH3 is 1. The van der Waals surface area contributed by atoms with E-state index < -0.39 is 10.7 Å². The maximum absolute atomic E-state index is 11.4. The van der Waals surface area contributed by atoms with Crippen LogP contribution in [0, 0.1) is 0 Å². The van der Waals surface area contributed by atoms with Crippen LogP contribution in [-0.2, 0) is 4.79 Å². The summed E-state index contributed by atoms with van der Waals surface area (Å²) in [6, 6.07) is 13.5. The quantitative estimate of drug-likeness (QED) is 0.688. The summed E-state index contributed by atoms with van der Waals surface area (Å²) in [6.45, 7) is 11.0. The van der Waals surface area contributed by atoms with Crippen LogP contribution in [0.1, 0.15) is 19.4 Å². The second-order valence-electron chi connectivity index (χ2n) is 5.96. The van der Waals surface area contributed by atoms with E-state index in [0.717, 1.165) is 22.4 Å². The number of hydrogen-bond acceptors (Lipinski definition) is 4. The summed E-state index contributed by atoms with van der Waals surface area (Å²) < 4.78 is 4.20. The van der Waals surface area contributed by atoms with Gasteiger partial charge in [-0.15, -0.1) is 11.8 Å². The first-order valence-corrected chi connectivity index (χ1v) is 8.47. The smallest absolute Gasteiger partial charge is 0.319 e. The molecule has 0 fully saturated rings. The number of aliphatic imine (C=N–C) groups is 1. The lowest BCUT2D eigenvalue weighted by Crippen LogP contribution is -2.26. The Bertz CT molecular complexity index is 810. The maximum Gasteiger partial charge on any atom is 0.319 e. The minimum atomic E-state index is -0.981. The van der Waals surface area contributed by atoms with E-state index in [-0.39, 0.29) is 0 Å². The molecule has 0 heterocycles. The van der Waals surface area contributed by atoms with Crippen molar-refractivity contribution >= 4 is 35.0 Å². The Hall–Kier alpha value is -2.53. The van der Waals surface area contributed by atoms with E-state index in [0.29, 0.717) is 10.6 Å². The van der Waals surface area contributed by atoms with Gasteiger partial charge in [-0.25, -0.2) is 0 Å². The monoisotopic (exact) mass is 355 g/mol. The van der Waals surface area contributed by atoms with E-state index in [4.69, 9.17) is 4.74 Å². The third-order valence-electron chi connectivity index (χ3n) is 3.78. The highest BCUT2D eigenvalue weighted by molar-refractivity contribution is 8.10. The fourth-order valence-electron chi connectivity index (χ4n) is 2.27. The standard InChI is InChI=1S/C20H21NO3S/c1-13(25-20(2,3)19(22)23)17-12-15(8-11-18(17)21-4)14-6-9-16(24-5)10-7-14/h6-12H,1,4H2,2-3,5H3,(H,22,23). The second-order valence-corrected chi connectivity index (χ2v) is 7.68. The molecule has 0 aromatic heterocycles. The molecule has 5 heteroatoms. The van der Waals surface area contributed by atoms with Crippen molar-refractivity contribution in [3.8, 4) is 16.9 Å². The van der Waals surface area contributed by atoms with Crippen LogP contribution < -0.4 is 4.74 Å². The van der Waals surface area contributed by atoms with E-state index in [1.165, 1.54) is 11.8 Å². The zero-order valence-corrected chi connectivity index (χ0v) is 15.4. The summed E-state index contributed by atoms with van der Waals surface area (Å²) in [5.41, 5.74) is 3.46. The fraction of sp³-hybridized carbons (Fsp3) is 0.200. The Morgan fingerprint density at radius 3 is 2.28 bits per heavy atom. The molecule has 0 amide bonds. The fourth-order valence-corrected chi connectivity index (χ4v) is 3.24. The topological polar surface area (TPSA) is 58.9 Å². The first-order valence-electron chi connectivity index (χ1n) is 7.65. The number of hydrogen-bond donors (Lipinski definition) is 1. The zero-order valence-electron chi connectivity index (χ0n) is 14.6. The van der Waals surface area contributed by atoms with Crippen LogP contribution in [0.15, 0.2) is 54.0 Å². The molecule has 1 N–H and O–H groups in total. The number of benzene rings is 2. The average molecular weight is 355 g/mol. The van der Waals surface area contributed by atoms with Crippen molar-refractivity contribution in [3.63, 3.8) is 0 Å². The molecule has 0 bridgehead atoms. The van der Waals surface area contributed by atoms with Crippen molar-refractivity contribution < 1.29 is 14.6 Å². The molecular formula is C20H21NO3S. The van der Waals surface area contributed by atoms with Gasteiger partial charge in [-0.1, -0.05) is 24.8 Å². The number of thioether (sulfide) groups is 1. The van der Waals surface area contributed by atoms with Crippen LogP contribution in [-0.4, -0.2) is 29.7 Å². The van der Waals surface area contributed by atoms with Gasteiger partial charge < -0.3 is 9.84 Å². The van der Waals surface area contributed by atoms with E-state index in [1.807, 2.05) is 42.5 Å². The zero-order chi connectivity index (χ0) is 18.6. The molecule has 25 heavy (non-hydrogen) atoms. The molecule has 4 nitrogen and oxygen atoms in total. The van der Waals surface area contributed by atoms with Gasteiger partial charge in [0.25, 0.3) is 0 Å². The maximum atomic E-state index is 11.4. The lowest BCUT2D eigenvalue weighted by molar-refractivity contribution is -0.138. The third kappa shape index (κ3) is 4.31. The van der Waals surface area contributed by atoms with E-state index >= 15 is 0 Å². The van der Waals surface area contributed by atoms with Gasteiger partial charge in [0.1, 0.15) is 10.5 Å². The molecule has 0 saturated carbocycles. The molecule has 0 aliphatic rings. The number of carboxylic acid groups (broad SMARTS) is 1. The van der Waals surface area contributed by atoms with Gasteiger partial charge in [0.2, 0.25) is 0 Å². The Morgan fingerprint density at radius 1 is 1.16 bits per heavy atom. The van der Waals surface area contributed by atoms with Crippen molar-refractivity contribution in [1.82, 2.24) is 0 Å². The van der Waals surface area contributed by atoms with Crippen LogP contribution in [0.4, 0.5) is 5.69 Å². The van der Waals surface area contributed by atoms with Gasteiger partial charge >= 0.3 is 5.97 Å². The molecule has 2 aromatic rings. The van der Waals surface area contributed by atoms with Gasteiger partial charge in [-0.2, -0.15) is 0 Å². The third-order valence-corrected chi connectivity index (χ3v) is 4.94. The number of carboxylic acids is 1. The predicted octanol–water partition coefficient (Wildman–Crippen LogP) is 5.26. The molecule has 2 aromatic carbocycles. The number of rotatable bonds is 7. The van der Waals surface area contributed by atoms with Gasteiger partial charge in [0.15, 0.2) is 0 Å². The van der Waals surface area contributed by atoms with Crippen LogP contribution in [0.2, 0.25) is 0 Å². The van der Waals surface area contributed by atoms with Crippen LogP contribution >= 0.6 is 11.8 Å². The molecule has 0 saturated heterocycles. The Morgan fingerprint density at radius 2 is 1.76 bits per heavy atom. The van der Waals surface area contributed by atoms with Crippen LogP contribution in [0.5, 0.6) is 5.75 Å². The summed E-state index contributed by atoms with van der Waals surface area (Å²) >= 11 is 1.20. The van der Waals surface area contributed by atoms with Gasteiger partial charge in [0.05, 0.1) is 12.8 Å². The van der Waals surface area contributed by atoms with Crippen molar-refractivity contribution in [2.75, 3.05) is 7.11 Å². The first-order chi connectivity index (χ1) is 11.8. The number of ether oxygens (including phenoxy) is 1. The molecule has 0 spiro atoms. The van der Waals surface area contributed by atoms with Crippen molar-refractivity contribution in [1.29, 1.82) is 0 Å². The summed E-state index contributed by atoms with van der Waals surface area (Å²) in [6.07, 6.45) is 0. The molecule has 0 aliphatic carbocycles. The van der Waals surface area contributed by atoms with E-state index in [1.54, 1.807) is 21.0 Å². The van der Waals surface area contributed by atoms with Gasteiger partial charge in [-0.05, 0) is 56.0 Å². The summed E-state index contributed by atoms with van der Waals surface area (Å²) in [5.74, 6) is -0.102. The minimum Gasteiger partial charge on any atom is -0.497 e. The summed E-state index contributed by atoms with van der Waals surface area (Å²) in [7, 11) is 1.63. The lowest BCUT2D eigenvalue weighted by Gasteiger charge is -2.21. The molecule has 2 rings (SSSR count). The van der Waals surface area contributed by atoms with Gasteiger partial charge in [0, 0.05) is 10.5 Å². The molecular weight excluding hydrogens is 334 g/mol. The number of aliphatic carboxylic acids is 1. The Balaban J connectivity index is 2.41. The number of nitrogens with zero attached hydrogens (tertiary/aromatic N) is 1. The lowest BCUT2D eigenvalue weighted by atomic mass is 10.0. The van der Waals surface area contributed by atoms with Crippen LogP contribution in [0.25, 0.3) is 16.0 Å². The largest absolute Gasteiger partial charge is 0.497 e. The predicted molar refractivity (Wildman–Crippen MR) is 106 cm³/mol. The molecule has 0 radical (unpaired) electrons. The highest BCUT2D eigenvalue weighted by Crippen LogP contribution is 2.41. The van der Waals surface area contributed by atoms with Crippen molar-refractivity contribution in [2.24, 2.45) is 4.99 Å². The Labute approximate surface area is 152 Å². The van der Waals surface area contributed by atoms with E-state index in [2.05, 4.69) is 18.3 Å². The summed E-state index contributed by atoms with van der Waals surface area (Å²) in [4.78, 5) is 16.1. The minimum absolute atomic E-state index is 0.644. The molecule has 0 aliphatic heterocycles. The summed E-state index contributed by atoms with van der Waals surface area (Å²) in [5, 5.41) is 9.34. The molecule has 130 valence electrons. The molecule has 0 unspecified atom stereocenters. The SMILES string of the molecule is C=Nc1ccc(-c2ccc(OC)cc2)cc1C(=C)SC(C)(C)C(=O)O. The van der Waals surface area contributed by atoms with Gasteiger partial charge in [-0.3, -0.25) is 9.79 Å². The van der Waals surface area contributed by atoms with Crippen molar-refractivity contribution in [2.45, 2.75) is 18.6 Å².